The van der Waals surface area contributed by atoms with E-state index < -0.39 is 0 Å². The highest BCUT2D eigenvalue weighted by atomic mass is 79.9. The van der Waals surface area contributed by atoms with Crippen molar-refractivity contribution in [3.63, 3.8) is 0 Å². The molecule has 0 radical (unpaired) electrons. The molecule has 3 heteroatoms. The lowest BCUT2D eigenvalue weighted by Gasteiger charge is -2.38. The standard InChI is InChI=1S/C29H49BrO2/c1-20(2)11-8-12-21(3)13-9-14-22(4)15-10-17-29(7)18-16-25-23(5)27(31)26(19-30)24(6)28(25)32-29/h20-22,31H,8-19H2,1-7H3/t21-,22-,29-/m1/s1. The minimum atomic E-state index is -0.0879. The van der Waals surface area contributed by atoms with Crippen LogP contribution in [-0.4, -0.2) is 10.7 Å². The van der Waals surface area contributed by atoms with E-state index in [0.717, 1.165) is 59.5 Å². The first-order chi connectivity index (χ1) is 15.1. The van der Waals surface area contributed by atoms with E-state index in [4.69, 9.17) is 4.74 Å². The summed E-state index contributed by atoms with van der Waals surface area (Å²) in [4.78, 5) is 0. The van der Waals surface area contributed by atoms with Crippen LogP contribution in [0.2, 0.25) is 0 Å². The van der Waals surface area contributed by atoms with Crippen LogP contribution < -0.4 is 4.74 Å². The number of phenolic OH excluding ortho intramolecular Hbond substituents is 1. The van der Waals surface area contributed by atoms with E-state index in [0.29, 0.717) is 11.1 Å². The summed E-state index contributed by atoms with van der Waals surface area (Å²) in [5, 5.41) is 11.2. The summed E-state index contributed by atoms with van der Waals surface area (Å²) in [6.45, 7) is 15.9. The fourth-order valence-corrected chi connectivity index (χ4v) is 6.03. The molecule has 0 bridgehead atoms. The third kappa shape index (κ3) is 7.67. The van der Waals surface area contributed by atoms with Crippen molar-refractivity contribution in [2.75, 3.05) is 0 Å². The predicted octanol–water partition coefficient (Wildman–Crippen LogP) is 9.43. The van der Waals surface area contributed by atoms with Gasteiger partial charge in [-0.05, 0) is 75.3 Å². The molecular formula is C29H49BrO2. The van der Waals surface area contributed by atoms with Gasteiger partial charge >= 0.3 is 0 Å². The van der Waals surface area contributed by atoms with Gasteiger partial charge in [0.25, 0.3) is 0 Å². The first-order valence-electron chi connectivity index (χ1n) is 13.2. The Labute approximate surface area is 207 Å². The van der Waals surface area contributed by atoms with Gasteiger partial charge in [0.05, 0.1) is 0 Å². The summed E-state index contributed by atoms with van der Waals surface area (Å²) in [5.74, 6) is 4.00. The number of ether oxygens (including phenoxy) is 1. The number of fused-ring (bicyclic) bond motifs is 1. The SMILES string of the molecule is Cc1c(O)c(CBr)c(C)c2c1CC[C@@](C)(CCC[C@H](C)CCC[C@H](C)CCCC(C)C)O2. The van der Waals surface area contributed by atoms with Crippen molar-refractivity contribution >= 4 is 15.9 Å². The normalized spacial score (nSPS) is 20.2. The van der Waals surface area contributed by atoms with Crippen molar-refractivity contribution in [3.05, 3.63) is 22.3 Å². The van der Waals surface area contributed by atoms with Crippen LogP contribution in [0.5, 0.6) is 11.5 Å². The molecule has 0 spiro atoms. The molecule has 3 atom stereocenters. The molecule has 0 fully saturated rings. The molecule has 1 heterocycles. The second kappa shape index (κ2) is 12.7. The molecule has 1 aliphatic rings. The van der Waals surface area contributed by atoms with Crippen molar-refractivity contribution in [1.29, 1.82) is 0 Å². The van der Waals surface area contributed by atoms with Gasteiger partial charge < -0.3 is 9.84 Å². The van der Waals surface area contributed by atoms with Crippen LogP contribution in [0, 0.1) is 31.6 Å². The minimum absolute atomic E-state index is 0.0879. The van der Waals surface area contributed by atoms with E-state index >= 15 is 0 Å². The Balaban J connectivity index is 1.77. The number of rotatable bonds is 13. The van der Waals surface area contributed by atoms with Gasteiger partial charge in [-0.15, -0.1) is 0 Å². The largest absolute Gasteiger partial charge is 0.507 e. The topological polar surface area (TPSA) is 29.5 Å². The van der Waals surface area contributed by atoms with Crippen molar-refractivity contribution < 1.29 is 9.84 Å². The maximum atomic E-state index is 10.6. The molecule has 0 aliphatic carbocycles. The highest BCUT2D eigenvalue weighted by molar-refractivity contribution is 9.08. The average molecular weight is 510 g/mol. The summed E-state index contributed by atoms with van der Waals surface area (Å²) in [6, 6.07) is 0. The molecule has 1 aliphatic heterocycles. The lowest BCUT2D eigenvalue weighted by atomic mass is 9.84. The van der Waals surface area contributed by atoms with E-state index in [1.807, 2.05) is 6.92 Å². The lowest BCUT2D eigenvalue weighted by Crippen LogP contribution is -2.37. The molecule has 1 N–H and O–H groups in total. The van der Waals surface area contributed by atoms with E-state index in [-0.39, 0.29) is 5.60 Å². The van der Waals surface area contributed by atoms with Crippen molar-refractivity contribution in [2.24, 2.45) is 17.8 Å². The zero-order chi connectivity index (χ0) is 23.9. The Hall–Kier alpha value is -0.700. The highest BCUT2D eigenvalue weighted by Crippen LogP contribution is 2.45. The van der Waals surface area contributed by atoms with Crippen LogP contribution in [0.25, 0.3) is 0 Å². The number of alkyl halides is 1. The van der Waals surface area contributed by atoms with Crippen LogP contribution in [0.3, 0.4) is 0 Å². The van der Waals surface area contributed by atoms with Crippen LogP contribution in [0.1, 0.15) is 121 Å². The number of benzene rings is 1. The van der Waals surface area contributed by atoms with E-state index in [1.54, 1.807) is 0 Å². The quantitative estimate of drug-likeness (QED) is 0.268. The monoisotopic (exact) mass is 508 g/mol. The van der Waals surface area contributed by atoms with Crippen LogP contribution in [0.4, 0.5) is 0 Å². The molecule has 2 rings (SSSR count). The van der Waals surface area contributed by atoms with E-state index in [9.17, 15) is 5.11 Å². The molecule has 0 aromatic heterocycles. The van der Waals surface area contributed by atoms with Gasteiger partial charge in [-0.1, -0.05) is 88.6 Å². The Morgan fingerprint density at radius 1 is 0.906 bits per heavy atom. The molecule has 2 nitrogen and oxygen atoms in total. The van der Waals surface area contributed by atoms with Gasteiger partial charge in [-0.25, -0.2) is 0 Å². The Morgan fingerprint density at radius 2 is 1.47 bits per heavy atom. The fourth-order valence-electron chi connectivity index (χ4n) is 5.35. The van der Waals surface area contributed by atoms with Crippen molar-refractivity contribution in [2.45, 2.75) is 130 Å². The molecule has 0 unspecified atom stereocenters. The average Bonchev–Trinajstić information content (AvgIpc) is 2.72. The lowest BCUT2D eigenvalue weighted by molar-refractivity contribution is 0.0511. The molecule has 0 amide bonds. The van der Waals surface area contributed by atoms with Gasteiger partial charge in [0.2, 0.25) is 0 Å². The Morgan fingerprint density at radius 3 is 2.03 bits per heavy atom. The van der Waals surface area contributed by atoms with Gasteiger partial charge in [-0.2, -0.15) is 0 Å². The molecule has 0 saturated carbocycles. The van der Waals surface area contributed by atoms with Crippen molar-refractivity contribution in [1.82, 2.24) is 0 Å². The number of hydrogen-bond acceptors (Lipinski definition) is 2. The van der Waals surface area contributed by atoms with Crippen molar-refractivity contribution in [3.8, 4) is 11.5 Å². The van der Waals surface area contributed by atoms with Crippen LogP contribution >= 0.6 is 15.9 Å². The van der Waals surface area contributed by atoms with E-state index in [2.05, 4.69) is 57.5 Å². The molecule has 1 aromatic rings. The molecular weight excluding hydrogens is 460 g/mol. The summed E-state index contributed by atoms with van der Waals surface area (Å²) in [5.41, 5.74) is 4.18. The predicted molar refractivity (Wildman–Crippen MR) is 142 cm³/mol. The second-order valence-electron chi connectivity index (χ2n) is 11.4. The minimum Gasteiger partial charge on any atom is -0.507 e. The number of hydrogen-bond donors (Lipinski definition) is 1. The number of phenols is 1. The molecule has 32 heavy (non-hydrogen) atoms. The third-order valence-corrected chi connectivity index (χ3v) is 8.38. The van der Waals surface area contributed by atoms with Crippen LogP contribution in [-0.2, 0) is 11.8 Å². The maximum absolute atomic E-state index is 10.6. The first-order valence-corrected chi connectivity index (χ1v) is 14.3. The fraction of sp³-hybridized carbons (Fsp3) is 0.793. The second-order valence-corrected chi connectivity index (χ2v) is 12.0. The van der Waals surface area contributed by atoms with E-state index in [1.165, 1.54) is 56.9 Å². The van der Waals surface area contributed by atoms with Gasteiger partial charge in [0.1, 0.15) is 17.1 Å². The van der Waals surface area contributed by atoms with Gasteiger partial charge in [-0.3, -0.25) is 0 Å². The highest BCUT2D eigenvalue weighted by Gasteiger charge is 2.34. The summed E-state index contributed by atoms with van der Waals surface area (Å²) in [6.07, 6.45) is 14.0. The van der Waals surface area contributed by atoms with Gasteiger partial charge in [0, 0.05) is 16.5 Å². The maximum Gasteiger partial charge on any atom is 0.127 e. The Bertz CT molecular complexity index is 727. The summed E-state index contributed by atoms with van der Waals surface area (Å²) in [7, 11) is 0. The molecule has 0 saturated heterocycles. The van der Waals surface area contributed by atoms with Crippen LogP contribution in [0.15, 0.2) is 0 Å². The summed E-state index contributed by atoms with van der Waals surface area (Å²) < 4.78 is 6.65. The smallest absolute Gasteiger partial charge is 0.127 e. The number of aromatic hydroxyl groups is 1. The number of halogens is 1. The zero-order valence-corrected chi connectivity index (χ0v) is 23.5. The zero-order valence-electron chi connectivity index (χ0n) is 22.0. The third-order valence-electron chi connectivity index (χ3n) is 7.82. The molecule has 184 valence electrons. The first kappa shape index (κ1) is 27.5. The van der Waals surface area contributed by atoms with Gasteiger partial charge in [0.15, 0.2) is 0 Å². The Kier molecular flexibility index (Phi) is 10.9. The summed E-state index contributed by atoms with van der Waals surface area (Å²) >= 11 is 3.54. The molecule has 1 aromatic carbocycles.